The predicted molar refractivity (Wildman–Crippen MR) is 97.0 cm³/mol. The Kier molecular flexibility index (Phi) is 6.22. The second-order valence-corrected chi connectivity index (χ2v) is 10.1. The lowest BCUT2D eigenvalue weighted by atomic mass is 9.81. The van der Waals surface area contributed by atoms with Crippen molar-refractivity contribution < 1.29 is 23.1 Å². The van der Waals surface area contributed by atoms with Gasteiger partial charge in [-0.2, -0.15) is 0 Å². The Balaban J connectivity index is 1.56. The first-order chi connectivity index (χ1) is 12.4. The number of rotatable bonds is 5. The van der Waals surface area contributed by atoms with E-state index in [0.717, 1.165) is 25.7 Å². The highest BCUT2D eigenvalue weighted by Crippen LogP contribution is 2.31. The first kappa shape index (κ1) is 19.6. The van der Waals surface area contributed by atoms with Crippen molar-refractivity contribution in [3.63, 3.8) is 0 Å². The van der Waals surface area contributed by atoms with Crippen molar-refractivity contribution >= 4 is 21.9 Å². The van der Waals surface area contributed by atoms with Crippen LogP contribution in [0.1, 0.15) is 64.2 Å². The third-order valence-electron chi connectivity index (χ3n) is 6.24. The molecule has 7 nitrogen and oxygen atoms in total. The van der Waals surface area contributed by atoms with E-state index in [1.165, 1.54) is 0 Å². The van der Waals surface area contributed by atoms with Crippen molar-refractivity contribution in [2.75, 3.05) is 13.1 Å². The molecule has 1 unspecified atom stereocenters. The van der Waals surface area contributed by atoms with Gasteiger partial charge in [0.05, 0.1) is 11.2 Å². The summed E-state index contributed by atoms with van der Waals surface area (Å²) >= 11 is 0. The fourth-order valence-electron chi connectivity index (χ4n) is 4.61. The van der Waals surface area contributed by atoms with Gasteiger partial charge in [0.25, 0.3) is 0 Å². The Morgan fingerprint density at radius 3 is 2.12 bits per heavy atom. The smallest absolute Gasteiger partial charge is 0.306 e. The molecule has 0 aromatic carbocycles. The molecule has 0 spiro atoms. The average Bonchev–Trinajstić information content (AvgIpc) is 3.13. The highest BCUT2D eigenvalue weighted by Gasteiger charge is 2.37. The molecule has 1 heterocycles. The van der Waals surface area contributed by atoms with Gasteiger partial charge in [-0.3, -0.25) is 9.59 Å². The third-order valence-corrected chi connectivity index (χ3v) is 8.16. The second kappa shape index (κ2) is 8.25. The molecule has 0 aromatic rings. The van der Waals surface area contributed by atoms with E-state index in [1.54, 1.807) is 4.90 Å². The van der Waals surface area contributed by atoms with Crippen LogP contribution >= 0.6 is 0 Å². The van der Waals surface area contributed by atoms with E-state index in [0.29, 0.717) is 45.1 Å². The molecule has 1 atom stereocenters. The molecule has 1 amide bonds. The SMILES string of the molecule is O=C(O)C1CCC(C(=O)N2CCCC(S(=O)(=O)NC3CCCC3)C2)CC1. The fourth-order valence-corrected chi connectivity index (χ4v) is 6.36. The van der Waals surface area contributed by atoms with Gasteiger partial charge in [0.15, 0.2) is 0 Å². The number of piperidine rings is 1. The van der Waals surface area contributed by atoms with E-state index in [4.69, 9.17) is 5.11 Å². The van der Waals surface area contributed by atoms with Gasteiger partial charge < -0.3 is 10.0 Å². The van der Waals surface area contributed by atoms with Crippen LogP contribution in [-0.4, -0.2) is 54.7 Å². The van der Waals surface area contributed by atoms with Gasteiger partial charge in [-0.25, -0.2) is 13.1 Å². The average molecular weight is 387 g/mol. The van der Waals surface area contributed by atoms with E-state index < -0.39 is 21.2 Å². The van der Waals surface area contributed by atoms with Gasteiger partial charge >= 0.3 is 5.97 Å². The predicted octanol–water partition coefficient (Wildman–Crippen LogP) is 1.73. The number of carbonyl (C=O) groups is 2. The minimum Gasteiger partial charge on any atom is -0.481 e. The summed E-state index contributed by atoms with van der Waals surface area (Å²) in [6.07, 6.45) is 7.49. The van der Waals surface area contributed by atoms with Crippen molar-refractivity contribution in [1.29, 1.82) is 0 Å². The van der Waals surface area contributed by atoms with Crippen LogP contribution in [-0.2, 0) is 19.6 Å². The lowest BCUT2D eigenvalue weighted by Crippen LogP contribution is -2.51. The van der Waals surface area contributed by atoms with Gasteiger partial charge in [-0.1, -0.05) is 12.8 Å². The van der Waals surface area contributed by atoms with Crippen molar-refractivity contribution in [3.8, 4) is 0 Å². The summed E-state index contributed by atoms with van der Waals surface area (Å²) in [7, 11) is -3.41. The van der Waals surface area contributed by atoms with Crippen molar-refractivity contribution in [2.24, 2.45) is 11.8 Å². The first-order valence-corrected chi connectivity index (χ1v) is 11.4. The largest absolute Gasteiger partial charge is 0.481 e. The number of carboxylic acids is 1. The molecule has 0 bridgehead atoms. The van der Waals surface area contributed by atoms with Gasteiger partial charge in [0.1, 0.15) is 0 Å². The van der Waals surface area contributed by atoms with Crippen molar-refractivity contribution in [1.82, 2.24) is 9.62 Å². The number of carboxylic acid groups (broad SMARTS) is 1. The summed E-state index contributed by atoms with van der Waals surface area (Å²) in [6.45, 7) is 0.868. The van der Waals surface area contributed by atoms with Gasteiger partial charge in [0.2, 0.25) is 15.9 Å². The third kappa shape index (κ3) is 4.57. The highest BCUT2D eigenvalue weighted by atomic mass is 32.2. The molecule has 0 aromatic heterocycles. The Morgan fingerprint density at radius 1 is 0.885 bits per heavy atom. The van der Waals surface area contributed by atoms with E-state index in [-0.39, 0.29) is 30.3 Å². The summed E-state index contributed by atoms with van der Waals surface area (Å²) in [5.74, 6) is -1.27. The van der Waals surface area contributed by atoms with Crippen LogP contribution in [0.25, 0.3) is 0 Å². The molecule has 3 fully saturated rings. The number of hydrogen-bond acceptors (Lipinski definition) is 4. The molecule has 148 valence electrons. The molecule has 26 heavy (non-hydrogen) atoms. The zero-order valence-electron chi connectivity index (χ0n) is 15.2. The number of carbonyl (C=O) groups excluding carboxylic acids is 1. The van der Waals surface area contributed by atoms with Gasteiger partial charge in [-0.05, 0) is 51.4 Å². The van der Waals surface area contributed by atoms with Crippen molar-refractivity contribution in [2.45, 2.75) is 75.5 Å². The molecule has 1 saturated heterocycles. The van der Waals surface area contributed by atoms with Crippen LogP contribution in [0.4, 0.5) is 0 Å². The molecule has 3 rings (SSSR count). The van der Waals surface area contributed by atoms with E-state index in [1.807, 2.05) is 0 Å². The monoisotopic (exact) mass is 386 g/mol. The normalized spacial score (nSPS) is 31.1. The molecule has 2 saturated carbocycles. The van der Waals surface area contributed by atoms with Crippen molar-refractivity contribution in [3.05, 3.63) is 0 Å². The molecule has 0 radical (unpaired) electrons. The van der Waals surface area contributed by atoms with Crippen LogP contribution < -0.4 is 4.72 Å². The van der Waals surface area contributed by atoms with Crippen LogP contribution in [0, 0.1) is 11.8 Å². The van der Waals surface area contributed by atoms with E-state index in [2.05, 4.69) is 4.72 Å². The molecular weight excluding hydrogens is 356 g/mol. The number of amides is 1. The first-order valence-electron chi connectivity index (χ1n) is 9.89. The standard InChI is InChI=1S/C18H30N2O5S/c21-17(13-7-9-14(10-8-13)18(22)23)20-11-3-6-16(12-20)26(24,25)19-15-4-1-2-5-15/h13-16,19H,1-12H2,(H,22,23). The number of sulfonamides is 1. The minimum absolute atomic E-state index is 0.00889. The van der Waals surface area contributed by atoms with E-state index in [9.17, 15) is 18.0 Å². The summed E-state index contributed by atoms with van der Waals surface area (Å²) in [4.78, 5) is 25.6. The van der Waals surface area contributed by atoms with Crippen LogP contribution in [0.5, 0.6) is 0 Å². The fraction of sp³-hybridized carbons (Fsp3) is 0.889. The molecule has 3 aliphatic rings. The topological polar surface area (TPSA) is 104 Å². The number of nitrogens with zero attached hydrogens (tertiary/aromatic N) is 1. The van der Waals surface area contributed by atoms with Crippen LogP contribution in [0.15, 0.2) is 0 Å². The van der Waals surface area contributed by atoms with E-state index >= 15 is 0 Å². The summed E-state index contributed by atoms with van der Waals surface area (Å²) < 4.78 is 28.2. The number of aliphatic carboxylic acids is 1. The quantitative estimate of drug-likeness (QED) is 0.749. The summed E-state index contributed by atoms with van der Waals surface area (Å²) in [6, 6.07) is 0.0531. The van der Waals surface area contributed by atoms with Gasteiger partial charge in [-0.15, -0.1) is 0 Å². The Labute approximate surface area is 155 Å². The van der Waals surface area contributed by atoms with Gasteiger partial charge in [0, 0.05) is 25.0 Å². The maximum Gasteiger partial charge on any atom is 0.306 e. The summed E-state index contributed by atoms with van der Waals surface area (Å²) in [5, 5.41) is 8.55. The molecule has 2 N–H and O–H groups in total. The number of likely N-dealkylation sites (tertiary alicyclic amines) is 1. The summed E-state index contributed by atoms with van der Waals surface area (Å²) in [5.41, 5.74) is 0. The minimum atomic E-state index is -3.41. The maximum atomic E-state index is 12.8. The Morgan fingerprint density at radius 2 is 1.50 bits per heavy atom. The second-order valence-electron chi connectivity index (χ2n) is 8.08. The molecule has 2 aliphatic carbocycles. The lowest BCUT2D eigenvalue weighted by Gasteiger charge is -2.36. The lowest BCUT2D eigenvalue weighted by molar-refractivity contribution is -0.145. The number of hydrogen-bond donors (Lipinski definition) is 2. The Hall–Kier alpha value is -1.15. The highest BCUT2D eigenvalue weighted by molar-refractivity contribution is 7.90. The molecule has 1 aliphatic heterocycles. The Bertz CT molecular complexity index is 621. The maximum absolute atomic E-state index is 12.8. The molecular formula is C18H30N2O5S. The zero-order valence-corrected chi connectivity index (χ0v) is 16.0. The molecule has 8 heteroatoms. The zero-order chi connectivity index (χ0) is 18.7. The van der Waals surface area contributed by atoms with Crippen LogP contribution in [0.3, 0.4) is 0 Å². The van der Waals surface area contributed by atoms with Crippen LogP contribution in [0.2, 0.25) is 0 Å². The number of nitrogens with one attached hydrogen (secondary N) is 1.